The highest BCUT2D eigenvalue weighted by molar-refractivity contribution is 8.00. The van der Waals surface area contributed by atoms with Crippen LogP contribution in [-0.2, 0) is 19.1 Å². The zero-order valence-corrected chi connectivity index (χ0v) is 20.9. The van der Waals surface area contributed by atoms with Crippen molar-refractivity contribution in [1.82, 2.24) is 0 Å². The van der Waals surface area contributed by atoms with Gasteiger partial charge in [0, 0.05) is 35.1 Å². The quantitative estimate of drug-likeness (QED) is 0.200. The van der Waals surface area contributed by atoms with Gasteiger partial charge in [0.1, 0.15) is 5.92 Å². The van der Waals surface area contributed by atoms with E-state index in [2.05, 4.69) is 4.99 Å². The van der Waals surface area contributed by atoms with E-state index >= 15 is 0 Å². The maximum Gasteiger partial charge on any atom is 0.336 e. The first-order chi connectivity index (χ1) is 17.3. The summed E-state index contributed by atoms with van der Waals surface area (Å²) in [5, 5.41) is 11.4. The number of methoxy groups -OCH3 is 1. The molecule has 0 aromatic heterocycles. The van der Waals surface area contributed by atoms with Crippen molar-refractivity contribution in [1.29, 1.82) is 0 Å². The maximum atomic E-state index is 13.2. The largest absolute Gasteiger partial charge is 0.468 e. The first-order valence-corrected chi connectivity index (χ1v) is 12.4. The number of rotatable bonds is 10. The van der Waals surface area contributed by atoms with Crippen LogP contribution < -0.4 is 0 Å². The Morgan fingerprint density at radius 3 is 2.47 bits per heavy atom. The van der Waals surface area contributed by atoms with Gasteiger partial charge in [-0.25, -0.2) is 4.79 Å². The first-order valence-electron chi connectivity index (χ1n) is 11.2. The van der Waals surface area contributed by atoms with Crippen molar-refractivity contribution in [3.8, 4) is 0 Å². The average Bonchev–Trinajstić information content (AvgIpc) is 2.88. The summed E-state index contributed by atoms with van der Waals surface area (Å²) in [5.74, 6) is -2.91. The number of aliphatic imine (C=N–C) groups is 1. The van der Waals surface area contributed by atoms with Crippen LogP contribution in [0.1, 0.15) is 35.7 Å². The molecule has 1 aliphatic rings. The average molecular weight is 511 g/mol. The van der Waals surface area contributed by atoms with Gasteiger partial charge in [0.15, 0.2) is 5.78 Å². The molecule has 188 valence electrons. The Morgan fingerprint density at radius 1 is 1.11 bits per heavy atom. The maximum absolute atomic E-state index is 13.2. The molecule has 0 spiro atoms. The minimum Gasteiger partial charge on any atom is -0.468 e. The molecule has 2 unspecified atom stereocenters. The highest BCUT2D eigenvalue weighted by Gasteiger charge is 2.43. The number of non-ortho nitro benzene ring substituents is 1. The van der Waals surface area contributed by atoms with E-state index in [1.54, 1.807) is 44.2 Å². The summed E-state index contributed by atoms with van der Waals surface area (Å²) in [4.78, 5) is 54.0. The standard InChI is InChI=1S/C26H26N2O7S/c1-4-35-26(31)24-20(14-36-15-21(29)17-9-6-5-7-10-17)27-16(2)22(25(30)34-3)23(24)18-11-8-12-19(13-18)28(32)33/h5-13,22-23H,4,14-15H2,1-3H3. The minimum atomic E-state index is -0.976. The normalized spacial score (nSPS) is 17.2. The number of esters is 2. The van der Waals surface area contributed by atoms with Gasteiger partial charge in [-0.2, -0.15) is 0 Å². The molecule has 2 aromatic carbocycles. The van der Waals surface area contributed by atoms with Gasteiger partial charge < -0.3 is 9.47 Å². The van der Waals surface area contributed by atoms with Gasteiger partial charge in [-0.3, -0.25) is 24.7 Å². The SMILES string of the molecule is CCOC(=O)C1=C(CSCC(=O)c2ccccc2)N=C(C)C(C(=O)OC)C1c1cccc([N+](=O)[O-])c1. The zero-order chi connectivity index (χ0) is 26.2. The third-order valence-corrected chi connectivity index (χ3v) is 6.62. The third-order valence-electron chi connectivity index (χ3n) is 5.67. The molecule has 0 radical (unpaired) electrons. The lowest BCUT2D eigenvalue weighted by Gasteiger charge is -2.31. The van der Waals surface area contributed by atoms with Crippen molar-refractivity contribution in [2.24, 2.45) is 10.9 Å². The third kappa shape index (κ3) is 6.06. The summed E-state index contributed by atoms with van der Waals surface area (Å²) in [5.41, 5.74) is 1.67. The molecule has 0 saturated carbocycles. The van der Waals surface area contributed by atoms with Crippen LogP contribution in [0.3, 0.4) is 0 Å². The second kappa shape index (κ2) is 12.3. The molecule has 0 amide bonds. The van der Waals surface area contributed by atoms with E-state index in [1.807, 2.05) is 6.07 Å². The number of hydrogen-bond acceptors (Lipinski definition) is 9. The molecule has 1 heterocycles. The smallest absolute Gasteiger partial charge is 0.336 e. The molecule has 0 N–H and O–H groups in total. The monoisotopic (exact) mass is 510 g/mol. The molecule has 0 bridgehead atoms. The van der Waals surface area contributed by atoms with E-state index in [0.717, 1.165) is 0 Å². The Morgan fingerprint density at radius 2 is 1.83 bits per heavy atom. The summed E-state index contributed by atoms with van der Waals surface area (Å²) >= 11 is 1.28. The Bertz CT molecular complexity index is 1220. The van der Waals surface area contributed by atoms with Crippen LogP contribution in [0.5, 0.6) is 0 Å². The van der Waals surface area contributed by atoms with E-state index in [4.69, 9.17) is 9.47 Å². The highest BCUT2D eigenvalue weighted by Crippen LogP contribution is 2.41. The number of nitrogens with zero attached hydrogens (tertiary/aromatic N) is 2. The predicted molar refractivity (Wildman–Crippen MR) is 136 cm³/mol. The fourth-order valence-electron chi connectivity index (χ4n) is 4.07. The van der Waals surface area contributed by atoms with Crippen LogP contribution in [0.4, 0.5) is 5.69 Å². The molecule has 10 heteroatoms. The predicted octanol–water partition coefficient (Wildman–Crippen LogP) is 4.38. The van der Waals surface area contributed by atoms with E-state index in [-0.39, 0.29) is 35.2 Å². The fraction of sp³-hybridized carbons (Fsp3) is 0.308. The lowest BCUT2D eigenvalue weighted by atomic mass is 9.75. The fourth-order valence-corrected chi connectivity index (χ4v) is 4.93. The Balaban J connectivity index is 2.04. The van der Waals surface area contributed by atoms with Crippen LogP contribution in [0, 0.1) is 16.0 Å². The second-order valence-corrected chi connectivity index (χ2v) is 8.93. The molecule has 0 fully saturated rings. The van der Waals surface area contributed by atoms with Gasteiger partial charge in [0.25, 0.3) is 5.69 Å². The van der Waals surface area contributed by atoms with E-state index in [9.17, 15) is 24.5 Å². The van der Waals surface area contributed by atoms with Crippen molar-refractivity contribution < 1.29 is 28.8 Å². The second-order valence-electron chi connectivity index (χ2n) is 7.95. The van der Waals surface area contributed by atoms with Gasteiger partial charge in [0.2, 0.25) is 0 Å². The number of carbonyl (C=O) groups excluding carboxylic acids is 3. The van der Waals surface area contributed by atoms with Crippen molar-refractivity contribution in [2.75, 3.05) is 25.2 Å². The number of ether oxygens (including phenoxy) is 2. The molecule has 0 aliphatic carbocycles. The number of nitro benzene ring substituents is 1. The van der Waals surface area contributed by atoms with Crippen LogP contribution >= 0.6 is 11.8 Å². The number of thioether (sulfide) groups is 1. The van der Waals surface area contributed by atoms with Gasteiger partial charge >= 0.3 is 11.9 Å². The number of benzene rings is 2. The van der Waals surface area contributed by atoms with Crippen LogP contribution in [0.15, 0.2) is 70.9 Å². The topological polar surface area (TPSA) is 125 Å². The van der Waals surface area contributed by atoms with Gasteiger partial charge in [0.05, 0.1) is 35.7 Å². The highest BCUT2D eigenvalue weighted by atomic mass is 32.2. The van der Waals surface area contributed by atoms with Crippen LogP contribution in [0.2, 0.25) is 0 Å². The van der Waals surface area contributed by atoms with Crippen molar-refractivity contribution in [2.45, 2.75) is 19.8 Å². The minimum absolute atomic E-state index is 0.0712. The number of Topliss-reactive ketones (excluding diaryl/α,β-unsaturated/α-hetero) is 1. The summed E-state index contributed by atoms with van der Waals surface area (Å²) in [7, 11) is 1.23. The molecule has 36 heavy (non-hydrogen) atoms. The van der Waals surface area contributed by atoms with Gasteiger partial charge in [-0.1, -0.05) is 42.5 Å². The van der Waals surface area contributed by atoms with E-state index in [0.29, 0.717) is 22.5 Å². The Kier molecular flexibility index (Phi) is 9.13. The van der Waals surface area contributed by atoms with E-state index < -0.39 is 28.7 Å². The van der Waals surface area contributed by atoms with Crippen molar-refractivity contribution in [3.05, 3.63) is 87.1 Å². The molecule has 2 aromatic rings. The first kappa shape index (κ1) is 26.8. The lowest BCUT2D eigenvalue weighted by molar-refractivity contribution is -0.384. The van der Waals surface area contributed by atoms with Crippen molar-refractivity contribution >= 4 is 40.9 Å². The molecular weight excluding hydrogens is 484 g/mol. The molecule has 2 atom stereocenters. The molecule has 0 saturated heterocycles. The Labute approximate surface area is 212 Å². The van der Waals surface area contributed by atoms with Gasteiger partial charge in [-0.15, -0.1) is 11.8 Å². The zero-order valence-electron chi connectivity index (χ0n) is 20.1. The molecular formula is C26H26N2O7S. The van der Waals surface area contributed by atoms with E-state index in [1.165, 1.54) is 37.1 Å². The number of ketones is 1. The summed E-state index contributed by atoms with van der Waals surface area (Å²) in [6.45, 7) is 3.39. The summed E-state index contributed by atoms with van der Waals surface area (Å²) in [6.07, 6.45) is 0. The number of hydrogen-bond donors (Lipinski definition) is 0. The summed E-state index contributed by atoms with van der Waals surface area (Å²) < 4.78 is 10.3. The molecule has 1 aliphatic heterocycles. The van der Waals surface area contributed by atoms with Crippen LogP contribution in [0.25, 0.3) is 0 Å². The van der Waals surface area contributed by atoms with Gasteiger partial charge in [-0.05, 0) is 19.4 Å². The molecule has 9 nitrogen and oxygen atoms in total. The van der Waals surface area contributed by atoms with Crippen molar-refractivity contribution in [3.63, 3.8) is 0 Å². The Hall–Kier alpha value is -3.79. The van der Waals surface area contributed by atoms with Crippen LogP contribution in [-0.4, -0.2) is 53.6 Å². The lowest BCUT2D eigenvalue weighted by Crippen LogP contribution is -2.36. The molecule has 3 rings (SSSR count). The number of carbonyl (C=O) groups is 3. The number of nitro groups is 1. The summed E-state index contributed by atoms with van der Waals surface area (Å²) in [6, 6.07) is 14.6.